The zero-order valence-electron chi connectivity index (χ0n) is 18.4. The summed E-state index contributed by atoms with van der Waals surface area (Å²) in [5.74, 6) is 1.61. The summed E-state index contributed by atoms with van der Waals surface area (Å²) in [6.07, 6.45) is 9.24. The predicted molar refractivity (Wildman–Crippen MR) is 125 cm³/mol. The smallest absolute Gasteiger partial charge is 0.227 e. The van der Waals surface area contributed by atoms with Crippen molar-refractivity contribution in [2.75, 3.05) is 23.8 Å². The van der Waals surface area contributed by atoms with Crippen molar-refractivity contribution in [2.45, 2.75) is 57.2 Å². The van der Waals surface area contributed by atoms with Crippen LogP contribution >= 0.6 is 0 Å². The first-order valence-electron chi connectivity index (χ1n) is 11.5. The minimum absolute atomic E-state index is 0.129. The normalized spacial score (nSPS) is 21.3. The fourth-order valence-electron chi connectivity index (χ4n) is 4.96. The van der Waals surface area contributed by atoms with E-state index in [0.717, 1.165) is 48.6 Å². The molecule has 32 heavy (non-hydrogen) atoms. The maximum Gasteiger partial charge on any atom is 0.227 e. The number of carbonyl (C=O) groups excluding carboxylic acids is 1. The molecule has 1 unspecified atom stereocenters. The Morgan fingerprint density at radius 3 is 2.62 bits per heavy atom. The minimum Gasteiger partial charge on any atom is -0.345 e. The number of carbonyl (C=O) groups is 1. The zero-order valence-corrected chi connectivity index (χ0v) is 18.4. The van der Waals surface area contributed by atoms with Gasteiger partial charge in [0.15, 0.2) is 0 Å². The van der Waals surface area contributed by atoms with E-state index in [1.54, 1.807) is 6.20 Å². The summed E-state index contributed by atoms with van der Waals surface area (Å²) < 4.78 is 0. The van der Waals surface area contributed by atoms with Crippen molar-refractivity contribution in [3.63, 3.8) is 0 Å². The van der Waals surface area contributed by atoms with Gasteiger partial charge in [-0.15, -0.1) is 0 Å². The Kier molecular flexibility index (Phi) is 5.58. The summed E-state index contributed by atoms with van der Waals surface area (Å²) in [6.45, 7) is 0.784. The van der Waals surface area contributed by atoms with E-state index in [-0.39, 0.29) is 12.1 Å². The monoisotopic (exact) mass is 431 g/mol. The van der Waals surface area contributed by atoms with E-state index < -0.39 is 0 Å². The van der Waals surface area contributed by atoms with Gasteiger partial charge in [-0.05, 0) is 43.5 Å². The molecule has 1 aromatic carbocycles. The fraction of sp³-hybridized carbons (Fsp3) is 0.458. The van der Waals surface area contributed by atoms with Gasteiger partial charge in [-0.25, -0.2) is 0 Å². The van der Waals surface area contributed by atoms with Gasteiger partial charge >= 0.3 is 0 Å². The van der Waals surface area contributed by atoms with Gasteiger partial charge in [0.1, 0.15) is 18.1 Å². The SMILES string of the molecule is CN1C(Nc2ccc(N3CCCC3=O)cc2)=Nc2[nH]cc(C#N)c2C1NC1CCCCC1. The van der Waals surface area contributed by atoms with E-state index >= 15 is 0 Å². The third-order valence-corrected chi connectivity index (χ3v) is 6.74. The highest BCUT2D eigenvalue weighted by molar-refractivity contribution is 5.98. The zero-order chi connectivity index (χ0) is 22.1. The number of hydrogen-bond donors (Lipinski definition) is 3. The Labute approximate surface area is 188 Å². The number of H-pyrrole nitrogens is 1. The number of nitrogens with zero attached hydrogens (tertiary/aromatic N) is 4. The topological polar surface area (TPSA) is 99.5 Å². The highest BCUT2D eigenvalue weighted by Gasteiger charge is 2.33. The molecule has 0 bridgehead atoms. The van der Waals surface area contributed by atoms with E-state index in [0.29, 0.717) is 24.0 Å². The van der Waals surface area contributed by atoms with Crippen LogP contribution in [0.1, 0.15) is 62.2 Å². The summed E-state index contributed by atoms with van der Waals surface area (Å²) in [5, 5.41) is 16.8. The summed E-state index contributed by atoms with van der Waals surface area (Å²) in [7, 11) is 2.00. The van der Waals surface area contributed by atoms with Crippen molar-refractivity contribution in [1.82, 2.24) is 15.2 Å². The molecule has 1 saturated heterocycles. The average Bonchev–Trinajstić information content (AvgIpc) is 3.43. The van der Waals surface area contributed by atoms with E-state index in [4.69, 9.17) is 4.99 Å². The molecular formula is C24H29N7O. The lowest BCUT2D eigenvalue weighted by Crippen LogP contribution is -2.48. The number of nitrogens with one attached hydrogen (secondary N) is 3. The molecule has 8 heteroatoms. The number of guanidine groups is 1. The van der Waals surface area contributed by atoms with Crippen LogP contribution in [-0.4, -0.2) is 41.4 Å². The quantitative estimate of drug-likeness (QED) is 0.680. The Morgan fingerprint density at radius 2 is 1.94 bits per heavy atom. The number of aliphatic imine (C=N–C) groups is 1. The van der Waals surface area contributed by atoms with Gasteiger partial charge in [-0.2, -0.15) is 10.3 Å². The summed E-state index contributed by atoms with van der Waals surface area (Å²) in [4.78, 5) is 23.9. The van der Waals surface area contributed by atoms with Crippen LogP contribution in [0.4, 0.5) is 17.2 Å². The van der Waals surface area contributed by atoms with Crippen LogP contribution in [-0.2, 0) is 4.79 Å². The molecule has 166 valence electrons. The number of aromatic amines is 1. The number of amides is 1. The number of rotatable bonds is 4. The average molecular weight is 432 g/mol. The second-order valence-electron chi connectivity index (χ2n) is 8.85. The Morgan fingerprint density at radius 1 is 1.16 bits per heavy atom. The lowest BCUT2D eigenvalue weighted by molar-refractivity contribution is -0.117. The first-order chi connectivity index (χ1) is 15.6. The summed E-state index contributed by atoms with van der Waals surface area (Å²) in [6, 6.07) is 10.6. The predicted octanol–water partition coefficient (Wildman–Crippen LogP) is 3.98. The molecular weight excluding hydrogens is 402 g/mol. The largest absolute Gasteiger partial charge is 0.345 e. The van der Waals surface area contributed by atoms with E-state index in [1.807, 2.05) is 36.2 Å². The van der Waals surface area contributed by atoms with Crippen LogP contribution < -0.4 is 15.5 Å². The van der Waals surface area contributed by atoms with E-state index in [9.17, 15) is 10.1 Å². The number of fused-ring (bicyclic) bond motifs is 1. The molecule has 1 atom stereocenters. The molecule has 1 amide bonds. The van der Waals surface area contributed by atoms with Crippen molar-refractivity contribution in [1.29, 1.82) is 5.26 Å². The van der Waals surface area contributed by atoms with Gasteiger partial charge in [0.25, 0.3) is 0 Å². The van der Waals surface area contributed by atoms with Gasteiger partial charge in [0, 0.05) is 43.6 Å². The molecule has 2 fully saturated rings. The Bertz CT molecular complexity index is 1060. The molecule has 1 saturated carbocycles. The molecule has 8 nitrogen and oxygen atoms in total. The number of hydrogen-bond acceptors (Lipinski definition) is 6. The van der Waals surface area contributed by atoms with Crippen LogP contribution in [0.2, 0.25) is 0 Å². The molecule has 0 spiro atoms. The third kappa shape index (κ3) is 3.84. The molecule has 3 heterocycles. The second kappa shape index (κ2) is 8.67. The van der Waals surface area contributed by atoms with Crippen molar-refractivity contribution in [2.24, 2.45) is 4.99 Å². The molecule has 3 aliphatic rings. The van der Waals surface area contributed by atoms with Crippen LogP contribution in [0.15, 0.2) is 35.5 Å². The lowest BCUT2D eigenvalue weighted by atomic mass is 9.94. The van der Waals surface area contributed by atoms with Crippen molar-refractivity contribution < 1.29 is 4.79 Å². The van der Waals surface area contributed by atoms with Crippen LogP contribution in [0.5, 0.6) is 0 Å². The summed E-state index contributed by atoms with van der Waals surface area (Å²) in [5.41, 5.74) is 3.37. The van der Waals surface area contributed by atoms with Crippen molar-refractivity contribution in [3.05, 3.63) is 41.6 Å². The summed E-state index contributed by atoms with van der Waals surface area (Å²) >= 11 is 0. The number of anilines is 2. The molecule has 1 aromatic heterocycles. The fourth-order valence-corrected chi connectivity index (χ4v) is 4.96. The maximum atomic E-state index is 12.0. The van der Waals surface area contributed by atoms with E-state index in [2.05, 4.69) is 26.6 Å². The van der Waals surface area contributed by atoms with Crippen LogP contribution in [0, 0.1) is 11.3 Å². The first-order valence-corrected chi connectivity index (χ1v) is 11.5. The number of aromatic nitrogens is 1. The first kappa shape index (κ1) is 20.6. The van der Waals surface area contributed by atoms with Gasteiger partial charge in [0.05, 0.1) is 11.1 Å². The Balaban J connectivity index is 1.38. The molecule has 3 N–H and O–H groups in total. The highest BCUT2D eigenvalue weighted by atomic mass is 16.2. The van der Waals surface area contributed by atoms with Gasteiger partial charge < -0.3 is 20.1 Å². The molecule has 5 rings (SSSR count). The molecule has 1 aliphatic carbocycles. The van der Waals surface area contributed by atoms with Crippen LogP contribution in [0.3, 0.4) is 0 Å². The third-order valence-electron chi connectivity index (χ3n) is 6.74. The number of nitriles is 1. The lowest BCUT2D eigenvalue weighted by Gasteiger charge is -2.38. The van der Waals surface area contributed by atoms with Crippen LogP contribution in [0.25, 0.3) is 0 Å². The van der Waals surface area contributed by atoms with Gasteiger partial charge in [0.2, 0.25) is 11.9 Å². The Hall–Kier alpha value is -3.31. The van der Waals surface area contributed by atoms with E-state index in [1.165, 1.54) is 19.3 Å². The molecule has 2 aliphatic heterocycles. The highest BCUT2D eigenvalue weighted by Crippen LogP contribution is 2.36. The number of benzene rings is 1. The van der Waals surface area contributed by atoms with Gasteiger partial charge in [-0.3, -0.25) is 10.1 Å². The minimum atomic E-state index is -0.129. The maximum absolute atomic E-state index is 12.0. The van der Waals surface area contributed by atoms with Gasteiger partial charge in [-0.1, -0.05) is 19.3 Å². The standard InChI is InChI=1S/C24H29N7O/c1-30-23(27-17-6-3-2-4-7-17)21-16(14-25)15-26-22(21)29-24(30)28-18-9-11-19(12-10-18)31-13-5-8-20(31)32/h9-12,15,17,23,26-27H,2-8,13H2,1H3,(H,28,29). The second-order valence-corrected chi connectivity index (χ2v) is 8.85. The molecule has 0 radical (unpaired) electrons. The van der Waals surface area contributed by atoms with Crippen molar-refractivity contribution in [3.8, 4) is 6.07 Å². The van der Waals surface area contributed by atoms with Crippen molar-refractivity contribution >= 4 is 29.1 Å². The molecule has 2 aromatic rings.